The topological polar surface area (TPSA) is 77.0 Å². The van der Waals surface area contributed by atoms with Gasteiger partial charge in [-0.3, -0.25) is 4.79 Å². The molecule has 0 saturated heterocycles. The number of ketones is 1. The van der Waals surface area contributed by atoms with Crippen LogP contribution in [-0.4, -0.2) is 27.2 Å². The molecule has 0 bridgehead atoms. The standard InChI is InChI=1S/C24H18N4O2S/c29-21(17-11-5-2-6-12-17)23-25-19-14-8-7-13-18(19)20-22(30-23)26-24(28-27-20)31-15-16-9-3-1-4-10-16/h1-14,23,25H,15H2/t23-/m1/s1. The first-order valence-corrected chi connectivity index (χ1v) is 10.8. The van der Waals surface area contributed by atoms with Crippen molar-refractivity contribution in [3.05, 3.63) is 96.1 Å². The number of rotatable bonds is 5. The van der Waals surface area contributed by atoms with Crippen LogP contribution in [0.2, 0.25) is 0 Å². The van der Waals surface area contributed by atoms with Gasteiger partial charge in [-0.2, -0.15) is 4.98 Å². The summed E-state index contributed by atoms with van der Waals surface area (Å²) in [4.78, 5) is 17.7. The number of anilines is 1. The molecule has 0 aliphatic carbocycles. The minimum absolute atomic E-state index is 0.180. The zero-order valence-electron chi connectivity index (χ0n) is 16.4. The largest absolute Gasteiger partial charge is 0.444 e. The lowest BCUT2D eigenvalue weighted by Gasteiger charge is -2.17. The third kappa shape index (κ3) is 4.13. The first-order chi connectivity index (χ1) is 15.3. The van der Waals surface area contributed by atoms with E-state index < -0.39 is 6.23 Å². The van der Waals surface area contributed by atoms with E-state index in [0.29, 0.717) is 22.2 Å². The highest BCUT2D eigenvalue weighted by atomic mass is 32.2. The van der Waals surface area contributed by atoms with Crippen molar-refractivity contribution >= 4 is 23.2 Å². The number of fused-ring (bicyclic) bond motifs is 3. The molecule has 7 heteroatoms. The number of carbonyl (C=O) groups is 1. The molecule has 0 saturated carbocycles. The molecule has 1 aliphatic heterocycles. The molecule has 1 aromatic heterocycles. The van der Waals surface area contributed by atoms with E-state index in [2.05, 4.69) is 32.6 Å². The smallest absolute Gasteiger partial charge is 0.247 e. The molecule has 0 spiro atoms. The molecule has 0 amide bonds. The maximum Gasteiger partial charge on any atom is 0.247 e. The predicted octanol–water partition coefficient (Wildman–Crippen LogP) is 4.84. The lowest BCUT2D eigenvalue weighted by Crippen LogP contribution is -2.35. The van der Waals surface area contributed by atoms with Gasteiger partial charge in [0.05, 0.1) is 0 Å². The lowest BCUT2D eigenvalue weighted by atomic mass is 10.1. The number of carbonyl (C=O) groups excluding carboxylic acids is 1. The molecule has 31 heavy (non-hydrogen) atoms. The molecule has 5 rings (SSSR count). The summed E-state index contributed by atoms with van der Waals surface area (Å²) in [5, 5.41) is 12.4. The summed E-state index contributed by atoms with van der Waals surface area (Å²) < 4.78 is 6.06. The molecule has 6 nitrogen and oxygen atoms in total. The number of nitrogens with one attached hydrogen (secondary N) is 1. The van der Waals surface area contributed by atoms with Gasteiger partial charge >= 0.3 is 0 Å². The van der Waals surface area contributed by atoms with Crippen molar-refractivity contribution in [2.24, 2.45) is 0 Å². The van der Waals surface area contributed by atoms with Crippen LogP contribution in [0.1, 0.15) is 15.9 Å². The maximum atomic E-state index is 13.1. The molecular weight excluding hydrogens is 408 g/mol. The second-order valence-corrected chi connectivity index (χ2v) is 7.88. The molecule has 1 N–H and O–H groups in total. The highest BCUT2D eigenvalue weighted by Gasteiger charge is 2.30. The first kappa shape index (κ1) is 19.3. The summed E-state index contributed by atoms with van der Waals surface area (Å²) in [6.07, 6.45) is -0.923. The quantitative estimate of drug-likeness (QED) is 0.361. The van der Waals surface area contributed by atoms with Crippen molar-refractivity contribution in [2.75, 3.05) is 5.32 Å². The van der Waals surface area contributed by atoms with E-state index in [1.165, 1.54) is 11.8 Å². The molecule has 152 valence electrons. The SMILES string of the molecule is O=C(c1ccccc1)[C@@H]1Nc2ccccc2-c2nnc(SCc3ccccc3)nc2O1. The van der Waals surface area contributed by atoms with Crippen LogP contribution in [0.15, 0.2) is 90.1 Å². The van der Waals surface area contributed by atoms with Crippen LogP contribution in [0, 0.1) is 0 Å². The number of aromatic nitrogens is 3. The van der Waals surface area contributed by atoms with E-state index >= 15 is 0 Å². The zero-order chi connectivity index (χ0) is 21.0. The van der Waals surface area contributed by atoms with Crippen LogP contribution >= 0.6 is 11.8 Å². The van der Waals surface area contributed by atoms with Crippen LogP contribution in [0.25, 0.3) is 11.3 Å². The van der Waals surface area contributed by atoms with E-state index in [1.807, 2.05) is 60.7 Å². The van der Waals surface area contributed by atoms with Crippen LogP contribution < -0.4 is 10.1 Å². The third-order valence-electron chi connectivity index (χ3n) is 4.84. The van der Waals surface area contributed by atoms with Crippen LogP contribution in [0.4, 0.5) is 5.69 Å². The Bertz CT molecular complexity index is 1220. The van der Waals surface area contributed by atoms with Crippen molar-refractivity contribution in [2.45, 2.75) is 17.1 Å². The molecule has 1 aliphatic rings. The Morgan fingerprint density at radius 3 is 2.42 bits per heavy atom. The van der Waals surface area contributed by atoms with E-state index in [-0.39, 0.29) is 11.7 Å². The highest BCUT2D eigenvalue weighted by Crippen LogP contribution is 2.36. The van der Waals surface area contributed by atoms with E-state index in [1.54, 1.807) is 12.1 Å². The normalized spacial score (nSPS) is 14.4. The molecular formula is C24H18N4O2S. The first-order valence-electron chi connectivity index (χ1n) is 9.81. The maximum absolute atomic E-state index is 13.1. The molecule has 0 radical (unpaired) electrons. The molecule has 0 unspecified atom stereocenters. The fourth-order valence-corrected chi connectivity index (χ4v) is 4.04. The minimum atomic E-state index is -0.923. The van der Waals surface area contributed by atoms with Crippen molar-refractivity contribution in [3.63, 3.8) is 0 Å². The predicted molar refractivity (Wildman–Crippen MR) is 120 cm³/mol. The molecule has 0 fully saturated rings. The number of thioether (sulfide) groups is 1. The van der Waals surface area contributed by atoms with Crippen molar-refractivity contribution < 1.29 is 9.53 Å². The summed E-state index contributed by atoms with van der Waals surface area (Å²) in [5.41, 5.74) is 3.77. The molecule has 3 aromatic carbocycles. The van der Waals surface area contributed by atoms with Crippen LogP contribution in [-0.2, 0) is 5.75 Å². The number of hydrogen-bond acceptors (Lipinski definition) is 7. The van der Waals surface area contributed by atoms with Gasteiger partial charge < -0.3 is 10.1 Å². The Labute approximate surface area is 183 Å². The van der Waals surface area contributed by atoms with Gasteiger partial charge in [0, 0.05) is 22.6 Å². The van der Waals surface area contributed by atoms with Crippen molar-refractivity contribution in [1.82, 2.24) is 15.2 Å². The third-order valence-corrected chi connectivity index (χ3v) is 5.75. The average Bonchev–Trinajstić information content (AvgIpc) is 3.00. The van der Waals surface area contributed by atoms with Crippen molar-refractivity contribution in [3.8, 4) is 17.1 Å². The monoisotopic (exact) mass is 426 g/mol. The van der Waals surface area contributed by atoms with Gasteiger partial charge in [-0.05, 0) is 11.6 Å². The van der Waals surface area contributed by atoms with E-state index in [9.17, 15) is 4.79 Å². The Kier molecular flexibility index (Phi) is 5.33. The number of para-hydroxylation sites is 1. The lowest BCUT2D eigenvalue weighted by molar-refractivity contribution is 0.0823. The number of hydrogen-bond donors (Lipinski definition) is 1. The van der Waals surface area contributed by atoms with Gasteiger partial charge in [-0.1, -0.05) is 90.6 Å². The number of benzene rings is 3. The second kappa shape index (κ2) is 8.57. The summed E-state index contributed by atoms with van der Waals surface area (Å²) in [5.74, 6) is 0.820. The fourth-order valence-electron chi connectivity index (χ4n) is 3.30. The van der Waals surface area contributed by atoms with Gasteiger partial charge in [0.2, 0.25) is 23.0 Å². The molecule has 4 aromatic rings. The van der Waals surface area contributed by atoms with E-state index in [0.717, 1.165) is 16.8 Å². The Morgan fingerprint density at radius 2 is 1.61 bits per heavy atom. The average molecular weight is 427 g/mol. The molecule has 1 atom stereocenters. The Balaban J connectivity index is 1.48. The Morgan fingerprint density at radius 1 is 0.903 bits per heavy atom. The summed E-state index contributed by atoms with van der Waals surface area (Å²) in [6.45, 7) is 0. The van der Waals surface area contributed by atoms with Gasteiger partial charge in [0.1, 0.15) is 0 Å². The van der Waals surface area contributed by atoms with Crippen LogP contribution in [0.5, 0.6) is 5.88 Å². The number of Topliss-reactive ketones (excluding diaryl/α,β-unsaturated/α-hetero) is 1. The Hall–Kier alpha value is -3.71. The number of ether oxygens (including phenoxy) is 1. The summed E-state index contributed by atoms with van der Waals surface area (Å²) >= 11 is 1.47. The van der Waals surface area contributed by atoms with Gasteiger partial charge in [0.15, 0.2) is 5.69 Å². The highest BCUT2D eigenvalue weighted by molar-refractivity contribution is 7.98. The van der Waals surface area contributed by atoms with Gasteiger partial charge in [0.25, 0.3) is 0 Å². The fraction of sp³-hybridized carbons (Fsp3) is 0.0833. The second-order valence-electron chi connectivity index (χ2n) is 6.94. The van der Waals surface area contributed by atoms with Gasteiger partial charge in [-0.15, -0.1) is 10.2 Å². The summed E-state index contributed by atoms with van der Waals surface area (Å²) in [6, 6.07) is 26.7. The molecule has 2 heterocycles. The van der Waals surface area contributed by atoms with Crippen molar-refractivity contribution in [1.29, 1.82) is 0 Å². The minimum Gasteiger partial charge on any atom is -0.444 e. The van der Waals surface area contributed by atoms with Gasteiger partial charge in [-0.25, -0.2) is 0 Å². The van der Waals surface area contributed by atoms with Crippen LogP contribution in [0.3, 0.4) is 0 Å². The zero-order valence-corrected chi connectivity index (χ0v) is 17.3. The number of nitrogens with zero attached hydrogens (tertiary/aromatic N) is 3. The summed E-state index contributed by atoms with van der Waals surface area (Å²) in [7, 11) is 0. The van der Waals surface area contributed by atoms with E-state index in [4.69, 9.17) is 4.74 Å².